The van der Waals surface area contributed by atoms with E-state index in [2.05, 4.69) is 0 Å². The molecule has 6 heteroatoms. The van der Waals surface area contributed by atoms with Crippen molar-refractivity contribution in [2.24, 2.45) is 5.73 Å². The van der Waals surface area contributed by atoms with Crippen LogP contribution in [0.2, 0.25) is 0 Å². The van der Waals surface area contributed by atoms with Crippen LogP contribution in [0.5, 0.6) is 0 Å². The minimum atomic E-state index is -0.726. The van der Waals surface area contributed by atoms with Crippen LogP contribution < -0.4 is 10.2 Å². The highest BCUT2D eigenvalue weighted by Gasteiger charge is 2.53. The molecule has 0 bridgehead atoms. The fourth-order valence-corrected chi connectivity index (χ4v) is 4.01. The first-order valence-corrected chi connectivity index (χ1v) is 9.22. The van der Waals surface area contributed by atoms with Crippen LogP contribution in [0.4, 0.5) is 5.69 Å². The molecule has 0 aliphatic carbocycles. The summed E-state index contributed by atoms with van der Waals surface area (Å²) in [6.45, 7) is 3.29. The van der Waals surface area contributed by atoms with Gasteiger partial charge >= 0.3 is 5.91 Å². The number of carbonyl (C=O) groups excluding carboxylic acids is 4. The van der Waals surface area contributed by atoms with Gasteiger partial charge in [0.2, 0.25) is 0 Å². The number of quaternary nitrogens is 1. The third-order valence-corrected chi connectivity index (χ3v) is 5.44. The van der Waals surface area contributed by atoms with E-state index < -0.39 is 11.9 Å². The second kappa shape index (κ2) is 7.48. The number of Topliss-reactive ketones (excluding diaryl/α,β-unsaturated/α-hetero) is 2. The van der Waals surface area contributed by atoms with E-state index in [0.29, 0.717) is 41.8 Å². The molecule has 2 aromatic carbocycles. The molecular weight excluding hydrogens is 356 g/mol. The van der Waals surface area contributed by atoms with Crippen LogP contribution in [0.1, 0.15) is 57.8 Å². The molecule has 1 aliphatic rings. The molecule has 2 amide bonds. The molecule has 0 saturated carbocycles. The first-order valence-electron chi connectivity index (χ1n) is 9.22. The van der Waals surface area contributed by atoms with Crippen LogP contribution >= 0.6 is 0 Å². The zero-order chi connectivity index (χ0) is 20.5. The Morgan fingerprint density at radius 1 is 0.893 bits per heavy atom. The summed E-state index contributed by atoms with van der Waals surface area (Å²) in [7, 11) is 0. The molecule has 6 nitrogen and oxygen atoms in total. The predicted octanol–water partition coefficient (Wildman–Crippen LogP) is 2.89. The summed E-state index contributed by atoms with van der Waals surface area (Å²) in [4.78, 5) is 49.6. The van der Waals surface area contributed by atoms with Gasteiger partial charge < -0.3 is 5.73 Å². The second-order valence-corrected chi connectivity index (χ2v) is 7.20. The second-order valence-electron chi connectivity index (χ2n) is 7.20. The van der Waals surface area contributed by atoms with E-state index in [0.717, 1.165) is 0 Å². The van der Waals surface area contributed by atoms with Gasteiger partial charge in [-0.1, -0.05) is 24.3 Å². The molecule has 1 aliphatic heterocycles. The monoisotopic (exact) mass is 379 g/mol. The van der Waals surface area contributed by atoms with Crippen LogP contribution in [0.25, 0.3) is 0 Å². The number of nitrogens with zero attached hydrogens (tertiary/aromatic N) is 1. The highest BCUT2D eigenvalue weighted by atomic mass is 16.2. The molecule has 1 fully saturated rings. The maximum Gasteiger partial charge on any atom is 0.351 e. The van der Waals surface area contributed by atoms with Gasteiger partial charge in [0.25, 0.3) is 5.91 Å². The van der Waals surface area contributed by atoms with E-state index in [4.69, 9.17) is 5.73 Å². The summed E-state index contributed by atoms with van der Waals surface area (Å²) in [5, 5.41) is 0. The topological polar surface area (TPSA) is 94.3 Å². The molecule has 1 heterocycles. The fraction of sp³-hybridized carbons (Fsp3) is 0.273. The van der Waals surface area contributed by atoms with Crippen LogP contribution in [0.3, 0.4) is 0 Å². The lowest BCUT2D eigenvalue weighted by Gasteiger charge is -2.35. The minimum absolute atomic E-state index is 0.124. The first-order chi connectivity index (χ1) is 13.3. The van der Waals surface area contributed by atoms with Gasteiger partial charge in [-0.05, 0) is 32.0 Å². The third-order valence-electron chi connectivity index (χ3n) is 5.44. The molecule has 0 aromatic heterocycles. The molecule has 144 valence electrons. The van der Waals surface area contributed by atoms with Crippen molar-refractivity contribution in [1.29, 1.82) is 0 Å². The van der Waals surface area contributed by atoms with Crippen molar-refractivity contribution in [1.82, 2.24) is 4.48 Å². The number of likely N-dealkylation sites (tertiary alicyclic amines) is 1. The average molecular weight is 379 g/mol. The Morgan fingerprint density at radius 3 is 2.07 bits per heavy atom. The third kappa shape index (κ3) is 3.27. The van der Waals surface area contributed by atoms with Crippen molar-refractivity contribution < 1.29 is 19.2 Å². The Balaban J connectivity index is 2.21. The highest BCUT2D eigenvalue weighted by Crippen LogP contribution is 2.37. The summed E-state index contributed by atoms with van der Waals surface area (Å²) in [6, 6.07) is 12.6. The Bertz CT molecular complexity index is 982. The number of primary amides is 1. The number of ketones is 2. The molecule has 0 spiro atoms. The molecule has 28 heavy (non-hydrogen) atoms. The van der Waals surface area contributed by atoms with Crippen LogP contribution in [-0.4, -0.2) is 36.0 Å². The lowest BCUT2D eigenvalue weighted by molar-refractivity contribution is -0.121. The number of hydrogen-bond donors (Lipinski definition) is 1. The van der Waals surface area contributed by atoms with Gasteiger partial charge in [0.1, 0.15) is 5.69 Å². The summed E-state index contributed by atoms with van der Waals surface area (Å²) in [5.41, 5.74) is 7.47. The molecule has 2 atom stereocenters. The maximum atomic E-state index is 13.7. The molecule has 2 aromatic rings. The number of rotatable bonds is 5. The van der Waals surface area contributed by atoms with Gasteiger partial charge in [-0.25, -0.2) is 9.28 Å². The van der Waals surface area contributed by atoms with Gasteiger partial charge in [-0.3, -0.25) is 14.4 Å². The zero-order valence-corrected chi connectivity index (χ0v) is 16.0. The Hall–Kier alpha value is -3.12. The molecule has 2 N–H and O–H groups in total. The molecular formula is C22H23N2O4+. The van der Waals surface area contributed by atoms with E-state index in [1.54, 1.807) is 48.5 Å². The van der Waals surface area contributed by atoms with E-state index in [-0.39, 0.29) is 22.0 Å². The number of amides is 2. The van der Waals surface area contributed by atoms with E-state index in [9.17, 15) is 19.2 Å². The van der Waals surface area contributed by atoms with Crippen LogP contribution in [0, 0.1) is 0 Å². The average Bonchev–Trinajstić information content (AvgIpc) is 3.14. The molecule has 1 saturated heterocycles. The number of nitrogens with two attached hydrogens (primary N) is 1. The van der Waals surface area contributed by atoms with E-state index in [1.807, 2.05) is 0 Å². The molecule has 0 radical (unpaired) electrons. The van der Waals surface area contributed by atoms with Crippen molar-refractivity contribution in [3.8, 4) is 0 Å². The van der Waals surface area contributed by atoms with Crippen molar-refractivity contribution >= 4 is 29.1 Å². The molecule has 1 unspecified atom stereocenters. The highest BCUT2D eigenvalue weighted by molar-refractivity contribution is 6.08. The zero-order valence-electron chi connectivity index (χ0n) is 16.0. The van der Waals surface area contributed by atoms with Crippen molar-refractivity contribution in [3.05, 3.63) is 65.2 Å². The van der Waals surface area contributed by atoms with Crippen molar-refractivity contribution in [3.63, 3.8) is 0 Å². The Labute approximate surface area is 163 Å². The van der Waals surface area contributed by atoms with E-state index in [1.165, 1.54) is 13.8 Å². The van der Waals surface area contributed by atoms with E-state index >= 15 is 0 Å². The van der Waals surface area contributed by atoms with Gasteiger partial charge in [0, 0.05) is 30.0 Å². The first kappa shape index (κ1) is 19.6. The summed E-state index contributed by atoms with van der Waals surface area (Å²) in [5.74, 6) is -1.12. The van der Waals surface area contributed by atoms with Gasteiger partial charge in [0.05, 0.1) is 12.1 Å². The standard InChI is InChI=1S/C22H22N2O4/c1-14(25)16-6-3-8-18(12-16)22(28)24(11-5-10-20(24)21(23)27)19-9-4-7-17(13-19)15(2)26/h3-4,6-9,12-13,20H,5,10-11H2,1-2H3,(H-,23,27)/p+1/t20?,24-/m1/s1. The summed E-state index contributed by atoms with van der Waals surface area (Å²) < 4.78 is -0.266. The van der Waals surface area contributed by atoms with Crippen molar-refractivity contribution in [2.45, 2.75) is 32.7 Å². The van der Waals surface area contributed by atoms with Gasteiger partial charge in [0.15, 0.2) is 17.6 Å². The van der Waals surface area contributed by atoms with Crippen LogP contribution in [0.15, 0.2) is 48.5 Å². The predicted molar refractivity (Wildman–Crippen MR) is 106 cm³/mol. The lowest BCUT2D eigenvalue weighted by atomic mass is 10.0. The number of carbonyl (C=O) groups is 4. The molecule has 3 rings (SSSR count). The quantitative estimate of drug-likeness (QED) is 0.638. The number of benzene rings is 2. The van der Waals surface area contributed by atoms with Gasteiger partial charge in [-0.15, -0.1) is 0 Å². The smallest absolute Gasteiger partial charge is 0.351 e. The van der Waals surface area contributed by atoms with Gasteiger partial charge in [-0.2, -0.15) is 0 Å². The summed E-state index contributed by atoms with van der Waals surface area (Å²) in [6.07, 6.45) is 1.13. The summed E-state index contributed by atoms with van der Waals surface area (Å²) >= 11 is 0. The lowest BCUT2D eigenvalue weighted by Crippen LogP contribution is -2.61. The Morgan fingerprint density at radius 2 is 1.46 bits per heavy atom. The SMILES string of the molecule is CC(=O)c1cccc(C(=O)[N@@+]2(c3cccc(C(C)=O)c3)CCCC2C(N)=O)c1. The largest absolute Gasteiger partial charge is 0.364 e. The van der Waals surface area contributed by atoms with Crippen LogP contribution in [-0.2, 0) is 4.79 Å². The minimum Gasteiger partial charge on any atom is -0.364 e. The van der Waals surface area contributed by atoms with Crippen molar-refractivity contribution in [2.75, 3.05) is 6.54 Å². The Kier molecular flexibility index (Phi) is 5.25. The maximum absolute atomic E-state index is 13.7. The number of hydrogen-bond acceptors (Lipinski definition) is 4. The normalized spacial score (nSPS) is 21.3. The fourth-order valence-electron chi connectivity index (χ4n) is 4.01.